The van der Waals surface area contributed by atoms with E-state index in [1.165, 1.54) is 167 Å². The first-order valence-electron chi connectivity index (χ1n) is 26.1. The molecule has 0 radical (unpaired) electrons. The highest BCUT2D eigenvalue weighted by Crippen LogP contribution is 2.18. The van der Waals surface area contributed by atoms with Gasteiger partial charge >= 0.3 is 5.97 Å². The second kappa shape index (κ2) is 47.4. The van der Waals surface area contributed by atoms with Gasteiger partial charge in [0.25, 0.3) is 0 Å². The molecule has 1 amide bonds. The van der Waals surface area contributed by atoms with Crippen molar-refractivity contribution in [2.24, 2.45) is 0 Å². The average molecular weight is 832 g/mol. The Morgan fingerprint density at radius 2 is 0.864 bits per heavy atom. The molecule has 0 saturated heterocycles. The minimum atomic E-state index is -0.785. The monoisotopic (exact) mass is 832 g/mol. The van der Waals surface area contributed by atoms with E-state index in [-0.39, 0.29) is 24.9 Å². The summed E-state index contributed by atoms with van der Waals surface area (Å²) in [5, 5.41) is 23.8. The predicted octanol–water partition coefficient (Wildman–Crippen LogP) is 15.5. The van der Waals surface area contributed by atoms with Crippen molar-refractivity contribution < 1.29 is 24.5 Å². The lowest BCUT2D eigenvalue weighted by atomic mass is 10.0. The Kier molecular flexibility index (Phi) is 46.1. The summed E-state index contributed by atoms with van der Waals surface area (Å²) in [5.41, 5.74) is 0. The molecule has 0 aliphatic carbocycles. The van der Waals surface area contributed by atoms with Crippen LogP contribution in [-0.2, 0) is 14.3 Å². The molecule has 3 unspecified atom stereocenters. The maximum Gasteiger partial charge on any atom is 0.306 e. The quantitative estimate of drug-likeness (QED) is 0.0322. The van der Waals surface area contributed by atoms with E-state index >= 15 is 0 Å². The molecule has 6 heteroatoms. The van der Waals surface area contributed by atoms with Crippen LogP contribution in [-0.4, -0.2) is 46.9 Å². The molecule has 0 aromatic carbocycles. The Morgan fingerprint density at radius 3 is 1.32 bits per heavy atom. The molecular formula is C53H101NO5. The number of unbranched alkanes of at least 4 members (excludes halogenated alkanes) is 31. The Hall–Kier alpha value is -1.66. The van der Waals surface area contributed by atoms with E-state index < -0.39 is 18.2 Å². The van der Waals surface area contributed by atoms with Gasteiger partial charge in [0.05, 0.1) is 25.2 Å². The third kappa shape index (κ3) is 42.8. The molecule has 348 valence electrons. The van der Waals surface area contributed by atoms with Crippen LogP contribution in [0.5, 0.6) is 0 Å². The van der Waals surface area contributed by atoms with Gasteiger partial charge in [0.15, 0.2) is 0 Å². The second-order valence-electron chi connectivity index (χ2n) is 17.9. The Bertz CT molecular complexity index is 935. The lowest BCUT2D eigenvalue weighted by molar-refractivity contribution is -0.151. The van der Waals surface area contributed by atoms with Crippen molar-refractivity contribution in [2.45, 2.75) is 296 Å². The minimum absolute atomic E-state index is 0.0774. The number of hydrogen-bond acceptors (Lipinski definition) is 5. The molecule has 0 aromatic heterocycles. The first-order chi connectivity index (χ1) is 29.0. The highest BCUT2D eigenvalue weighted by atomic mass is 16.5. The maximum atomic E-state index is 13.2. The summed E-state index contributed by atoms with van der Waals surface area (Å²) in [6.07, 6.45) is 53.7. The minimum Gasteiger partial charge on any atom is -0.462 e. The summed E-state index contributed by atoms with van der Waals surface area (Å²) >= 11 is 0. The van der Waals surface area contributed by atoms with Gasteiger partial charge in [0.2, 0.25) is 5.91 Å². The molecule has 0 spiro atoms. The van der Waals surface area contributed by atoms with Crippen molar-refractivity contribution in [3.63, 3.8) is 0 Å². The first kappa shape index (κ1) is 57.3. The van der Waals surface area contributed by atoms with Crippen molar-refractivity contribution in [2.75, 3.05) is 6.61 Å². The summed E-state index contributed by atoms with van der Waals surface area (Å²) in [4.78, 5) is 26.1. The number of rotatable bonds is 47. The largest absolute Gasteiger partial charge is 0.462 e. The predicted molar refractivity (Wildman–Crippen MR) is 255 cm³/mol. The standard InChI is InChI=1S/C53H101NO5/c1-4-7-10-13-16-19-22-24-25-26-27-28-30-32-35-38-41-44-49(59-53(58)46-43-40-37-34-29-21-18-15-12-9-6-3)47-52(57)54-50(48-55)51(56)45-42-39-36-33-31-23-20-17-14-11-8-5-2/h16,19,24-25,49-51,55-56H,4-15,17-18,20-23,26-48H2,1-3H3,(H,54,57)/b19-16-,25-24-. The molecular weight excluding hydrogens is 731 g/mol. The van der Waals surface area contributed by atoms with Crippen LogP contribution in [0.25, 0.3) is 0 Å². The molecule has 0 heterocycles. The Labute approximate surface area is 367 Å². The average Bonchev–Trinajstić information content (AvgIpc) is 3.23. The van der Waals surface area contributed by atoms with Crippen LogP contribution in [0, 0.1) is 0 Å². The molecule has 0 aliphatic heterocycles. The van der Waals surface area contributed by atoms with E-state index in [2.05, 4.69) is 50.4 Å². The normalized spacial score (nSPS) is 13.4. The SMILES string of the molecule is CCCCC/C=C\C/C=C\CCCCCCCCCC(CC(=O)NC(CO)C(O)CCCCCCCCCCCCCC)OC(=O)CCCCCCCCCCCCC. The van der Waals surface area contributed by atoms with E-state index in [9.17, 15) is 19.8 Å². The van der Waals surface area contributed by atoms with Crippen molar-refractivity contribution in [1.29, 1.82) is 0 Å². The summed E-state index contributed by atoms with van der Waals surface area (Å²) in [6.45, 7) is 6.46. The smallest absolute Gasteiger partial charge is 0.306 e. The van der Waals surface area contributed by atoms with Gasteiger partial charge in [-0.25, -0.2) is 0 Å². The lowest BCUT2D eigenvalue weighted by Gasteiger charge is -2.24. The van der Waals surface area contributed by atoms with Crippen molar-refractivity contribution in [3.8, 4) is 0 Å². The molecule has 0 aliphatic rings. The number of nitrogens with one attached hydrogen (secondary N) is 1. The van der Waals surface area contributed by atoms with Crippen molar-refractivity contribution in [1.82, 2.24) is 5.32 Å². The van der Waals surface area contributed by atoms with Gasteiger partial charge in [0, 0.05) is 6.42 Å². The van der Waals surface area contributed by atoms with Crippen molar-refractivity contribution in [3.05, 3.63) is 24.3 Å². The summed E-state index contributed by atoms with van der Waals surface area (Å²) in [5.74, 6) is -0.469. The third-order valence-corrected chi connectivity index (χ3v) is 12.0. The zero-order valence-corrected chi connectivity index (χ0v) is 39.7. The number of aliphatic hydroxyl groups excluding tert-OH is 2. The van der Waals surface area contributed by atoms with Crippen LogP contribution < -0.4 is 5.32 Å². The van der Waals surface area contributed by atoms with Crippen LogP contribution in [0.3, 0.4) is 0 Å². The van der Waals surface area contributed by atoms with Crippen LogP contribution in [0.15, 0.2) is 24.3 Å². The van der Waals surface area contributed by atoms with E-state index in [1.807, 2.05) is 0 Å². The molecule has 3 N–H and O–H groups in total. The third-order valence-electron chi connectivity index (χ3n) is 12.0. The molecule has 0 fully saturated rings. The van der Waals surface area contributed by atoms with Crippen molar-refractivity contribution >= 4 is 11.9 Å². The zero-order valence-electron chi connectivity index (χ0n) is 39.7. The maximum absolute atomic E-state index is 13.2. The number of amides is 1. The number of carbonyl (C=O) groups is 2. The molecule has 0 aromatic rings. The Balaban J connectivity index is 4.56. The van der Waals surface area contributed by atoms with Gasteiger partial charge in [-0.1, -0.05) is 231 Å². The van der Waals surface area contributed by atoms with Gasteiger partial charge in [-0.2, -0.15) is 0 Å². The second-order valence-corrected chi connectivity index (χ2v) is 17.9. The number of carbonyl (C=O) groups excluding carboxylic acids is 2. The molecule has 0 rings (SSSR count). The zero-order chi connectivity index (χ0) is 43.1. The van der Waals surface area contributed by atoms with Gasteiger partial charge in [0.1, 0.15) is 6.10 Å². The fraction of sp³-hybridized carbons (Fsp3) is 0.887. The van der Waals surface area contributed by atoms with Crippen LogP contribution in [0.2, 0.25) is 0 Å². The lowest BCUT2D eigenvalue weighted by Crippen LogP contribution is -2.46. The Morgan fingerprint density at radius 1 is 0.492 bits per heavy atom. The number of esters is 1. The fourth-order valence-electron chi connectivity index (χ4n) is 8.05. The van der Waals surface area contributed by atoms with Gasteiger partial charge in [-0.15, -0.1) is 0 Å². The van der Waals surface area contributed by atoms with E-state index in [1.54, 1.807) is 0 Å². The van der Waals surface area contributed by atoms with Crippen LogP contribution in [0.1, 0.15) is 278 Å². The van der Waals surface area contributed by atoms with Gasteiger partial charge in [-0.3, -0.25) is 9.59 Å². The number of ether oxygens (including phenoxy) is 1. The summed E-state index contributed by atoms with van der Waals surface area (Å²) < 4.78 is 5.93. The molecule has 0 bridgehead atoms. The summed E-state index contributed by atoms with van der Waals surface area (Å²) in [7, 11) is 0. The van der Waals surface area contributed by atoms with E-state index in [0.717, 1.165) is 64.2 Å². The van der Waals surface area contributed by atoms with Gasteiger partial charge in [-0.05, 0) is 57.8 Å². The first-order valence-corrected chi connectivity index (χ1v) is 26.1. The van der Waals surface area contributed by atoms with Crippen LogP contribution in [0.4, 0.5) is 0 Å². The molecule has 3 atom stereocenters. The van der Waals surface area contributed by atoms with Gasteiger partial charge < -0.3 is 20.3 Å². The highest BCUT2D eigenvalue weighted by molar-refractivity contribution is 5.77. The number of hydrogen-bond donors (Lipinski definition) is 3. The summed E-state index contributed by atoms with van der Waals surface area (Å²) in [6, 6.07) is -0.699. The molecule has 59 heavy (non-hydrogen) atoms. The number of aliphatic hydroxyl groups is 2. The van der Waals surface area contributed by atoms with E-state index in [0.29, 0.717) is 19.3 Å². The molecule has 6 nitrogen and oxygen atoms in total. The van der Waals surface area contributed by atoms with Crippen LogP contribution >= 0.6 is 0 Å². The highest BCUT2D eigenvalue weighted by Gasteiger charge is 2.24. The topological polar surface area (TPSA) is 95.9 Å². The fourth-order valence-corrected chi connectivity index (χ4v) is 8.05. The number of allylic oxidation sites excluding steroid dienone is 4. The van der Waals surface area contributed by atoms with E-state index in [4.69, 9.17) is 4.74 Å². The molecule has 0 saturated carbocycles.